The number of amides is 2. The minimum absolute atomic E-state index is 0.267. The minimum Gasteiger partial charge on any atom is -0.308 e. The van der Waals surface area contributed by atoms with Gasteiger partial charge in [0.1, 0.15) is 0 Å². The Balaban J connectivity index is 1.52. The number of carbonyl (C=O) groups is 1. The SMILES string of the molecule is Cc1c2ccc(NC(=O)Nc3ccc4sccc4c3)cc2nn1C. The summed E-state index contributed by atoms with van der Waals surface area (Å²) in [4.78, 5) is 12.2. The van der Waals surface area contributed by atoms with Gasteiger partial charge in [0.15, 0.2) is 0 Å². The summed E-state index contributed by atoms with van der Waals surface area (Å²) in [6.45, 7) is 2.02. The average molecular weight is 336 g/mol. The summed E-state index contributed by atoms with van der Waals surface area (Å²) in [5.41, 5.74) is 3.46. The lowest BCUT2D eigenvalue weighted by Gasteiger charge is -2.08. The maximum Gasteiger partial charge on any atom is 0.323 e. The minimum atomic E-state index is -0.267. The monoisotopic (exact) mass is 336 g/mol. The van der Waals surface area contributed by atoms with Crippen LogP contribution in [0.5, 0.6) is 0 Å². The molecule has 24 heavy (non-hydrogen) atoms. The number of nitrogens with one attached hydrogen (secondary N) is 2. The van der Waals surface area contributed by atoms with Crippen molar-refractivity contribution in [2.45, 2.75) is 6.92 Å². The number of hydrogen-bond acceptors (Lipinski definition) is 3. The van der Waals surface area contributed by atoms with E-state index in [2.05, 4.69) is 15.7 Å². The lowest BCUT2D eigenvalue weighted by molar-refractivity contribution is 0.262. The van der Waals surface area contributed by atoms with Gasteiger partial charge in [0.25, 0.3) is 0 Å². The number of hydrogen-bond donors (Lipinski definition) is 2. The van der Waals surface area contributed by atoms with Crippen LogP contribution in [-0.2, 0) is 7.05 Å². The molecule has 6 heteroatoms. The van der Waals surface area contributed by atoms with Crippen molar-refractivity contribution >= 4 is 49.7 Å². The van der Waals surface area contributed by atoms with E-state index in [0.717, 1.165) is 33.4 Å². The first-order valence-electron chi connectivity index (χ1n) is 7.59. The van der Waals surface area contributed by atoms with Crippen molar-refractivity contribution < 1.29 is 4.79 Å². The number of rotatable bonds is 2. The Morgan fingerprint density at radius 3 is 2.67 bits per heavy atom. The van der Waals surface area contributed by atoms with E-state index in [0.29, 0.717) is 0 Å². The van der Waals surface area contributed by atoms with E-state index < -0.39 is 0 Å². The predicted molar refractivity (Wildman–Crippen MR) is 99.9 cm³/mol. The van der Waals surface area contributed by atoms with Gasteiger partial charge in [-0.25, -0.2) is 4.79 Å². The molecule has 120 valence electrons. The molecule has 2 aromatic carbocycles. The quantitative estimate of drug-likeness (QED) is 0.555. The van der Waals surface area contributed by atoms with Gasteiger partial charge in [-0.3, -0.25) is 4.68 Å². The number of carbonyl (C=O) groups excluding carboxylic acids is 1. The van der Waals surface area contributed by atoms with Gasteiger partial charge in [0.05, 0.1) is 5.52 Å². The number of anilines is 2. The van der Waals surface area contributed by atoms with Gasteiger partial charge >= 0.3 is 6.03 Å². The highest BCUT2D eigenvalue weighted by Crippen LogP contribution is 2.24. The van der Waals surface area contributed by atoms with Crippen LogP contribution in [-0.4, -0.2) is 15.8 Å². The van der Waals surface area contributed by atoms with E-state index in [4.69, 9.17) is 0 Å². The molecule has 0 fully saturated rings. The molecule has 2 amide bonds. The summed E-state index contributed by atoms with van der Waals surface area (Å²) in [6.07, 6.45) is 0. The highest BCUT2D eigenvalue weighted by molar-refractivity contribution is 7.17. The summed E-state index contributed by atoms with van der Waals surface area (Å²) in [6, 6.07) is 13.4. The number of aromatic nitrogens is 2. The Morgan fingerprint density at radius 2 is 1.83 bits per heavy atom. The molecule has 5 nitrogen and oxygen atoms in total. The number of aryl methyl sites for hydroxylation is 2. The second kappa shape index (κ2) is 5.65. The van der Waals surface area contributed by atoms with E-state index in [1.54, 1.807) is 11.3 Å². The fourth-order valence-electron chi connectivity index (χ4n) is 2.75. The second-order valence-corrected chi connectivity index (χ2v) is 6.64. The van der Waals surface area contributed by atoms with Gasteiger partial charge in [-0.2, -0.15) is 5.10 Å². The Morgan fingerprint density at radius 1 is 1.08 bits per heavy atom. The van der Waals surface area contributed by atoms with Crippen LogP contribution < -0.4 is 10.6 Å². The van der Waals surface area contributed by atoms with Crippen molar-refractivity contribution in [1.82, 2.24) is 9.78 Å². The number of fused-ring (bicyclic) bond motifs is 2. The summed E-state index contributed by atoms with van der Waals surface area (Å²) < 4.78 is 3.04. The fourth-order valence-corrected chi connectivity index (χ4v) is 3.52. The zero-order valence-electron chi connectivity index (χ0n) is 13.3. The summed E-state index contributed by atoms with van der Waals surface area (Å²) in [5, 5.41) is 14.4. The molecule has 0 saturated heterocycles. The van der Waals surface area contributed by atoms with Crippen molar-refractivity contribution in [1.29, 1.82) is 0 Å². The summed E-state index contributed by atoms with van der Waals surface area (Å²) in [5.74, 6) is 0. The Bertz CT molecular complexity index is 1060. The van der Waals surface area contributed by atoms with Gasteiger partial charge in [-0.1, -0.05) is 0 Å². The summed E-state index contributed by atoms with van der Waals surface area (Å²) in [7, 11) is 1.91. The van der Waals surface area contributed by atoms with Crippen LogP contribution in [0.4, 0.5) is 16.2 Å². The lowest BCUT2D eigenvalue weighted by Crippen LogP contribution is -2.19. The molecule has 0 bridgehead atoms. The molecular formula is C18H16N4OS. The maximum atomic E-state index is 12.2. The Hall–Kier alpha value is -2.86. The Labute approximate surface area is 142 Å². The molecule has 0 aliphatic heterocycles. The third-order valence-electron chi connectivity index (χ3n) is 4.10. The van der Waals surface area contributed by atoms with E-state index in [1.165, 1.54) is 4.70 Å². The molecule has 0 saturated carbocycles. The van der Waals surface area contributed by atoms with Crippen LogP contribution in [0.2, 0.25) is 0 Å². The Kier molecular flexibility index (Phi) is 3.46. The predicted octanol–water partition coefficient (Wildman–Crippen LogP) is 4.74. The summed E-state index contributed by atoms with van der Waals surface area (Å²) >= 11 is 1.68. The van der Waals surface area contributed by atoms with Crippen LogP contribution in [0, 0.1) is 6.92 Å². The van der Waals surface area contributed by atoms with E-state index in [1.807, 2.05) is 66.5 Å². The molecule has 0 aliphatic rings. The topological polar surface area (TPSA) is 59.0 Å². The molecule has 2 N–H and O–H groups in total. The van der Waals surface area contributed by atoms with Crippen molar-refractivity contribution in [3.63, 3.8) is 0 Å². The molecule has 4 aromatic rings. The van der Waals surface area contributed by atoms with Crippen LogP contribution in [0.15, 0.2) is 47.8 Å². The highest BCUT2D eigenvalue weighted by atomic mass is 32.1. The molecule has 0 atom stereocenters. The number of nitrogens with zero attached hydrogens (tertiary/aromatic N) is 2. The van der Waals surface area contributed by atoms with Crippen LogP contribution in [0.3, 0.4) is 0 Å². The van der Waals surface area contributed by atoms with Crippen molar-refractivity contribution in [3.05, 3.63) is 53.5 Å². The first kappa shape index (κ1) is 14.7. The van der Waals surface area contributed by atoms with Gasteiger partial charge in [0.2, 0.25) is 0 Å². The van der Waals surface area contributed by atoms with E-state index in [9.17, 15) is 4.79 Å². The van der Waals surface area contributed by atoms with E-state index >= 15 is 0 Å². The standard InChI is InChI=1S/C18H16N4OS/c1-11-15-5-3-14(10-16(15)21-22(11)2)20-18(23)19-13-4-6-17-12(9-13)7-8-24-17/h3-10H,1-2H3,(H2,19,20,23). The fraction of sp³-hybridized carbons (Fsp3) is 0.111. The molecule has 0 spiro atoms. The molecule has 0 aliphatic carbocycles. The normalized spacial score (nSPS) is 11.1. The van der Waals surface area contributed by atoms with Crippen LogP contribution in [0.25, 0.3) is 21.0 Å². The number of thiophene rings is 1. The van der Waals surface area contributed by atoms with Gasteiger partial charge in [-0.05, 0) is 60.2 Å². The van der Waals surface area contributed by atoms with Crippen LogP contribution in [0.1, 0.15) is 5.69 Å². The van der Waals surface area contributed by atoms with Crippen molar-refractivity contribution in [3.8, 4) is 0 Å². The third kappa shape index (κ3) is 2.61. The number of benzene rings is 2. The molecule has 0 unspecified atom stereocenters. The van der Waals surface area contributed by atoms with Crippen LogP contribution >= 0.6 is 11.3 Å². The number of urea groups is 1. The van der Waals surface area contributed by atoms with E-state index in [-0.39, 0.29) is 6.03 Å². The molecule has 2 heterocycles. The van der Waals surface area contributed by atoms with Gasteiger partial charge in [-0.15, -0.1) is 11.3 Å². The maximum absolute atomic E-state index is 12.2. The van der Waals surface area contributed by atoms with Gasteiger partial charge < -0.3 is 10.6 Å². The largest absolute Gasteiger partial charge is 0.323 e. The van der Waals surface area contributed by atoms with Crippen molar-refractivity contribution in [2.24, 2.45) is 7.05 Å². The molecule has 4 rings (SSSR count). The highest BCUT2D eigenvalue weighted by Gasteiger charge is 2.08. The van der Waals surface area contributed by atoms with Gasteiger partial charge in [0, 0.05) is 34.2 Å². The smallest absolute Gasteiger partial charge is 0.308 e. The first-order chi connectivity index (χ1) is 11.6. The lowest BCUT2D eigenvalue weighted by atomic mass is 10.2. The molecule has 0 radical (unpaired) electrons. The molecule has 2 aromatic heterocycles. The molecular weight excluding hydrogens is 320 g/mol. The zero-order chi connectivity index (χ0) is 16.7. The second-order valence-electron chi connectivity index (χ2n) is 5.69. The van der Waals surface area contributed by atoms with Crippen molar-refractivity contribution in [2.75, 3.05) is 10.6 Å². The first-order valence-corrected chi connectivity index (χ1v) is 8.47. The zero-order valence-corrected chi connectivity index (χ0v) is 14.1. The third-order valence-corrected chi connectivity index (χ3v) is 5.00. The average Bonchev–Trinajstić information content (AvgIpc) is 3.12.